The fourth-order valence-electron chi connectivity index (χ4n) is 2.10. The van der Waals surface area contributed by atoms with E-state index in [0.29, 0.717) is 11.7 Å². The van der Waals surface area contributed by atoms with Crippen LogP contribution in [0.3, 0.4) is 0 Å². The summed E-state index contributed by atoms with van der Waals surface area (Å²) in [5.74, 6) is 0. The van der Waals surface area contributed by atoms with Crippen LogP contribution < -0.4 is 10.2 Å². The molecule has 0 saturated heterocycles. The maximum absolute atomic E-state index is 5.55. The lowest BCUT2D eigenvalue weighted by Crippen LogP contribution is -2.34. The van der Waals surface area contributed by atoms with E-state index >= 15 is 0 Å². The second-order valence-electron chi connectivity index (χ2n) is 4.72. The third-order valence-electron chi connectivity index (χ3n) is 3.21. The Balaban J connectivity index is 2.17. The number of rotatable bonds is 5. The minimum atomic E-state index is 0.670. The van der Waals surface area contributed by atoms with Crippen LogP contribution in [0.5, 0.6) is 0 Å². The third kappa shape index (κ3) is 4.17. The van der Waals surface area contributed by atoms with Gasteiger partial charge in [0.05, 0.1) is 0 Å². The van der Waals surface area contributed by atoms with Crippen molar-refractivity contribution < 1.29 is 0 Å². The number of aryl methyl sites for hydroxylation is 1. The van der Waals surface area contributed by atoms with Gasteiger partial charge in [-0.2, -0.15) is 0 Å². The molecule has 2 aromatic rings. The maximum Gasteiger partial charge on any atom is 0.178 e. The molecule has 2 nitrogen and oxygen atoms in total. The van der Waals surface area contributed by atoms with Crippen LogP contribution in [0.15, 0.2) is 67.3 Å². The summed E-state index contributed by atoms with van der Waals surface area (Å²) < 4.78 is 0. The highest BCUT2D eigenvalue weighted by molar-refractivity contribution is 7.80. The molecule has 0 spiro atoms. The molecule has 0 aromatic heterocycles. The summed E-state index contributed by atoms with van der Waals surface area (Å²) in [4.78, 5) is 2.03. The topological polar surface area (TPSA) is 15.3 Å². The Morgan fingerprint density at radius 3 is 2.62 bits per heavy atom. The van der Waals surface area contributed by atoms with Gasteiger partial charge in [-0.05, 0) is 48.5 Å². The van der Waals surface area contributed by atoms with Gasteiger partial charge < -0.3 is 10.2 Å². The molecular formula is C18H20N2S. The Morgan fingerprint density at radius 1 is 1.19 bits per heavy atom. The van der Waals surface area contributed by atoms with Crippen LogP contribution in [0.2, 0.25) is 0 Å². The largest absolute Gasteiger partial charge is 0.332 e. The standard InChI is InChI=1S/C18H20N2S/c1-3-13-20(17-11-6-5-7-12-17)18(21)19-16-10-8-9-15(4-2)14-16/h3,5-12,14H,1,4,13H2,2H3,(H,19,21). The molecule has 3 heteroatoms. The van der Waals surface area contributed by atoms with Crippen LogP contribution in [-0.4, -0.2) is 11.7 Å². The number of hydrogen-bond acceptors (Lipinski definition) is 1. The van der Waals surface area contributed by atoms with Crippen LogP contribution in [0.4, 0.5) is 11.4 Å². The summed E-state index contributed by atoms with van der Waals surface area (Å²) >= 11 is 5.55. The van der Waals surface area contributed by atoms with Gasteiger partial charge in [-0.25, -0.2) is 0 Å². The summed E-state index contributed by atoms with van der Waals surface area (Å²) in [6.07, 6.45) is 2.86. The van der Waals surface area contributed by atoms with E-state index in [1.54, 1.807) is 0 Å². The van der Waals surface area contributed by atoms with Gasteiger partial charge >= 0.3 is 0 Å². The van der Waals surface area contributed by atoms with Crippen molar-refractivity contribution in [3.63, 3.8) is 0 Å². The third-order valence-corrected chi connectivity index (χ3v) is 3.53. The highest BCUT2D eigenvalue weighted by Gasteiger charge is 2.10. The Morgan fingerprint density at radius 2 is 1.95 bits per heavy atom. The smallest absolute Gasteiger partial charge is 0.178 e. The molecule has 1 N–H and O–H groups in total. The maximum atomic E-state index is 5.55. The van der Waals surface area contributed by atoms with Crippen molar-refractivity contribution in [2.45, 2.75) is 13.3 Å². The first-order chi connectivity index (χ1) is 10.2. The first-order valence-corrected chi connectivity index (χ1v) is 7.49. The molecule has 0 aliphatic carbocycles. The average Bonchev–Trinajstić information content (AvgIpc) is 2.53. The molecule has 0 heterocycles. The highest BCUT2D eigenvalue weighted by Crippen LogP contribution is 2.17. The monoisotopic (exact) mass is 296 g/mol. The van der Waals surface area contributed by atoms with Gasteiger partial charge in [0.25, 0.3) is 0 Å². The predicted octanol–water partition coefficient (Wildman–Crippen LogP) is 4.64. The fourth-order valence-corrected chi connectivity index (χ4v) is 2.40. The molecule has 0 fully saturated rings. The molecule has 0 saturated carbocycles. The molecule has 0 aliphatic rings. The SMILES string of the molecule is C=CCN(C(=S)Nc1cccc(CC)c1)c1ccccc1. The van der Waals surface area contributed by atoms with Gasteiger partial charge in [0, 0.05) is 17.9 Å². The number of hydrogen-bond donors (Lipinski definition) is 1. The number of benzene rings is 2. The minimum absolute atomic E-state index is 0.670. The van der Waals surface area contributed by atoms with Crippen LogP contribution in [0.1, 0.15) is 12.5 Å². The lowest BCUT2D eigenvalue weighted by molar-refractivity contribution is 1.14. The van der Waals surface area contributed by atoms with Crippen molar-refractivity contribution in [1.29, 1.82) is 0 Å². The zero-order valence-corrected chi connectivity index (χ0v) is 13.1. The van der Waals surface area contributed by atoms with Crippen LogP contribution in [0, 0.1) is 0 Å². The Kier molecular flexibility index (Phi) is 5.52. The number of para-hydroxylation sites is 1. The van der Waals surface area contributed by atoms with Gasteiger partial charge in [0.2, 0.25) is 0 Å². The highest BCUT2D eigenvalue weighted by atomic mass is 32.1. The van der Waals surface area contributed by atoms with E-state index < -0.39 is 0 Å². The van der Waals surface area contributed by atoms with E-state index in [-0.39, 0.29) is 0 Å². The molecular weight excluding hydrogens is 276 g/mol. The first-order valence-electron chi connectivity index (χ1n) is 7.08. The van der Waals surface area contributed by atoms with E-state index in [9.17, 15) is 0 Å². The molecule has 0 amide bonds. The van der Waals surface area contributed by atoms with Gasteiger partial charge in [-0.3, -0.25) is 0 Å². The molecule has 0 unspecified atom stereocenters. The summed E-state index contributed by atoms with van der Waals surface area (Å²) in [5, 5.41) is 3.98. The minimum Gasteiger partial charge on any atom is -0.332 e. The van der Waals surface area contributed by atoms with E-state index in [1.165, 1.54) is 5.56 Å². The number of nitrogens with zero attached hydrogens (tertiary/aromatic N) is 1. The number of nitrogens with one attached hydrogen (secondary N) is 1. The molecule has 108 valence electrons. The lowest BCUT2D eigenvalue weighted by Gasteiger charge is -2.24. The second-order valence-corrected chi connectivity index (χ2v) is 5.11. The fraction of sp³-hybridized carbons (Fsp3) is 0.167. The normalized spacial score (nSPS) is 9.95. The average molecular weight is 296 g/mol. The van der Waals surface area contributed by atoms with E-state index in [4.69, 9.17) is 12.2 Å². The molecule has 0 radical (unpaired) electrons. The first kappa shape index (κ1) is 15.3. The van der Waals surface area contributed by atoms with Crippen molar-refractivity contribution >= 4 is 28.7 Å². The van der Waals surface area contributed by atoms with Crippen molar-refractivity contribution in [2.75, 3.05) is 16.8 Å². The van der Waals surface area contributed by atoms with Crippen LogP contribution in [-0.2, 0) is 6.42 Å². The van der Waals surface area contributed by atoms with Crippen molar-refractivity contribution in [3.8, 4) is 0 Å². The van der Waals surface area contributed by atoms with Gasteiger partial charge in [0.1, 0.15) is 0 Å². The van der Waals surface area contributed by atoms with Crippen molar-refractivity contribution in [1.82, 2.24) is 0 Å². The molecule has 21 heavy (non-hydrogen) atoms. The number of anilines is 2. The Hall–Kier alpha value is -2.13. The Bertz CT molecular complexity index is 608. The summed E-state index contributed by atoms with van der Waals surface area (Å²) in [5.41, 5.74) is 3.36. The molecule has 0 atom stereocenters. The van der Waals surface area contributed by atoms with E-state index in [0.717, 1.165) is 17.8 Å². The zero-order chi connectivity index (χ0) is 15.1. The van der Waals surface area contributed by atoms with Gasteiger partial charge in [-0.1, -0.05) is 43.3 Å². The number of thiocarbonyl (C=S) groups is 1. The van der Waals surface area contributed by atoms with Gasteiger partial charge in [-0.15, -0.1) is 6.58 Å². The van der Waals surface area contributed by atoms with Crippen LogP contribution >= 0.6 is 12.2 Å². The summed E-state index contributed by atoms with van der Waals surface area (Å²) in [6, 6.07) is 18.4. The molecule has 0 aliphatic heterocycles. The van der Waals surface area contributed by atoms with E-state index in [1.807, 2.05) is 53.4 Å². The van der Waals surface area contributed by atoms with E-state index in [2.05, 4.69) is 31.0 Å². The quantitative estimate of drug-likeness (QED) is 0.639. The zero-order valence-electron chi connectivity index (χ0n) is 12.3. The summed E-state index contributed by atoms with van der Waals surface area (Å²) in [6.45, 7) is 6.63. The Labute approximate surface area is 132 Å². The molecule has 2 rings (SSSR count). The lowest BCUT2D eigenvalue weighted by atomic mass is 10.1. The predicted molar refractivity (Wildman–Crippen MR) is 96.0 cm³/mol. The second kappa shape index (κ2) is 7.60. The van der Waals surface area contributed by atoms with Gasteiger partial charge in [0.15, 0.2) is 5.11 Å². The summed E-state index contributed by atoms with van der Waals surface area (Å²) in [7, 11) is 0. The van der Waals surface area contributed by atoms with Crippen molar-refractivity contribution in [3.05, 3.63) is 72.8 Å². The molecule has 2 aromatic carbocycles. The van der Waals surface area contributed by atoms with Crippen LogP contribution in [0.25, 0.3) is 0 Å². The van der Waals surface area contributed by atoms with Crippen molar-refractivity contribution in [2.24, 2.45) is 0 Å². The molecule has 0 bridgehead atoms.